The Kier molecular flexibility index (Phi) is 7.89. The van der Waals surface area contributed by atoms with Crippen molar-refractivity contribution in [2.45, 2.75) is 37.3 Å². The van der Waals surface area contributed by atoms with Gasteiger partial charge in [0.05, 0.1) is 15.9 Å². The minimum Gasteiger partial charge on any atom is -0.489 e. The summed E-state index contributed by atoms with van der Waals surface area (Å²) in [4.78, 5) is 3.80. The number of aromatic nitrogens is 1. The summed E-state index contributed by atoms with van der Waals surface area (Å²) >= 11 is 18.5. The third kappa shape index (κ3) is 5.77. The van der Waals surface area contributed by atoms with E-state index in [4.69, 9.17) is 48.7 Å². The lowest BCUT2D eigenvalue weighted by Gasteiger charge is -2.27. The van der Waals surface area contributed by atoms with E-state index in [-0.39, 0.29) is 10.8 Å². The van der Waals surface area contributed by atoms with Gasteiger partial charge in [0.25, 0.3) is 0 Å². The molecule has 0 spiro atoms. The molecule has 6 nitrogen and oxygen atoms in total. The number of alkyl halides is 1. The number of rotatable bonds is 9. The minimum atomic E-state index is -3.52. The molecule has 1 heterocycles. The zero-order valence-corrected chi connectivity index (χ0v) is 21.6. The standard InChI is InChI=1S/C23H24Cl3NO5S/c1-14(20-22(27-13-31-20)33(4,28)29)32-17-7-5-15(6-8-17)23(2,3)16-11-18(25)21(19(26)12-16)30-10-9-24/h5-8,11-14H,9-10H2,1-4H3/t14-/m1/s1. The maximum Gasteiger partial charge on any atom is 0.200 e. The summed E-state index contributed by atoms with van der Waals surface area (Å²) in [5.41, 5.74) is 1.49. The molecule has 0 bridgehead atoms. The van der Waals surface area contributed by atoms with Crippen LogP contribution in [0.4, 0.5) is 0 Å². The van der Waals surface area contributed by atoms with Gasteiger partial charge in [0.15, 0.2) is 38.9 Å². The maximum atomic E-state index is 11.9. The Labute approximate surface area is 208 Å². The average molecular weight is 533 g/mol. The average Bonchev–Trinajstić information content (AvgIpc) is 3.24. The quantitative estimate of drug-likeness (QED) is 0.294. The number of ether oxygens (including phenoxy) is 2. The van der Waals surface area contributed by atoms with Gasteiger partial charge >= 0.3 is 0 Å². The molecule has 1 atom stereocenters. The van der Waals surface area contributed by atoms with Gasteiger partial charge in [-0.2, -0.15) is 0 Å². The van der Waals surface area contributed by atoms with Crippen molar-refractivity contribution in [1.82, 2.24) is 4.98 Å². The van der Waals surface area contributed by atoms with E-state index in [0.717, 1.165) is 23.8 Å². The molecule has 0 aliphatic carbocycles. The maximum absolute atomic E-state index is 11.9. The molecule has 1 aromatic heterocycles. The van der Waals surface area contributed by atoms with Crippen molar-refractivity contribution in [3.8, 4) is 11.5 Å². The number of hydrogen-bond acceptors (Lipinski definition) is 6. The number of oxazole rings is 1. The van der Waals surface area contributed by atoms with Crippen LogP contribution < -0.4 is 9.47 Å². The van der Waals surface area contributed by atoms with Gasteiger partial charge in [0.1, 0.15) is 12.4 Å². The predicted molar refractivity (Wildman–Crippen MR) is 130 cm³/mol. The van der Waals surface area contributed by atoms with Crippen LogP contribution in [0.1, 0.15) is 43.8 Å². The summed E-state index contributed by atoms with van der Waals surface area (Å²) in [6.45, 7) is 6.12. The molecule has 0 N–H and O–H groups in total. The molecule has 3 rings (SSSR count). The molecule has 3 aromatic rings. The summed E-state index contributed by atoms with van der Waals surface area (Å²) in [5.74, 6) is 1.46. The van der Waals surface area contributed by atoms with Crippen molar-refractivity contribution in [2.75, 3.05) is 18.7 Å². The van der Waals surface area contributed by atoms with E-state index in [1.54, 1.807) is 6.92 Å². The molecular weight excluding hydrogens is 509 g/mol. The molecule has 2 aromatic carbocycles. The van der Waals surface area contributed by atoms with Crippen LogP contribution in [0.3, 0.4) is 0 Å². The van der Waals surface area contributed by atoms with E-state index in [9.17, 15) is 8.42 Å². The first-order valence-electron chi connectivity index (χ1n) is 10.0. The molecule has 0 fully saturated rings. The van der Waals surface area contributed by atoms with Crippen LogP contribution in [0, 0.1) is 0 Å². The highest BCUT2D eigenvalue weighted by molar-refractivity contribution is 7.90. The number of halogens is 3. The molecular formula is C23H24Cl3NO5S. The summed E-state index contributed by atoms with van der Waals surface area (Å²) in [6, 6.07) is 11.1. The van der Waals surface area contributed by atoms with Crippen molar-refractivity contribution in [2.24, 2.45) is 0 Å². The zero-order valence-electron chi connectivity index (χ0n) is 18.6. The van der Waals surface area contributed by atoms with Gasteiger partial charge in [-0.05, 0) is 42.3 Å². The van der Waals surface area contributed by atoms with Crippen LogP contribution in [-0.4, -0.2) is 32.1 Å². The van der Waals surface area contributed by atoms with Gasteiger partial charge in [-0.3, -0.25) is 0 Å². The first-order chi connectivity index (χ1) is 15.4. The second kappa shape index (κ2) is 10.1. The van der Waals surface area contributed by atoms with Crippen LogP contribution in [0.15, 0.2) is 52.2 Å². The highest BCUT2D eigenvalue weighted by Crippen LogP contribution is 2.41. The summed E-state index contributed by atoms with van der Waals surface area (Å²) in [6.07, 6.45) is 1.53. The Morgan fingerprint density at radius 2 is 1.70 bits per heavy atom. The highest BCUT2D eigenvalue weighted by Gasteiger charge is 2.27. The van der Waals surface area contributed by atoms with Gasteiger partial charge in [-0.25, -0.2) is 13.4 Å². The molecule has 33 heavy (non-hydrogen) atoms. The van der Waals surface area contributed by atoms with Crippen molar-refractivity contribution in [3.05, 3.63) is 69.7 Å². The molecule has 0 saturated carbocycles. The van der Waals surface area contributed by atoms with Crippen molar-refractivity contribution < 1.29 is 22.3 Å². The lowest BCUT2D eigenvalue weighted by molar-refractivity contribution is 0.191. The fraction of sp³-hybridized carbons (Fsp3) is 0.348. The molecule has 0 saturated heterocycles. The lowest BCUT2D eigenvalue weighted by atomic mass is 9.78. The van der Waals surface area contributed by atoms with Crippen molar-refractivity contribution in [3.63, 3.8) is 0 Å². The van der Waals surface area contributed by atoms with Gasteiger partial charge in [-0.1, -0.05) is 49.2 Å². The van der Waals surface area contributed by atoms with E-state index in [1.807, 2.05) is 36.4 Å². The summed E-state index contributed by atoms with van der Waals surface area (Å²) < 4.78 is 40.4. The van der Waals surface area contributed by atoms with Gasteiger partial charge < -0.3 is 13.9 Å². The topological polar surface area (TPSA) is 78.6 Å². The van der Waals surface area contributed by atoms with Gasteiger partial charge in [0, 0.05) is 11.7 Å². The van der Waals surface area contributed by atoms with E-state index in [2.05, 4.69) is 18.8 Å². The molecule has 0 unspecified atom stereocenters. The monoisotopic (exact) mass is 531 g/mol. The second-order valence-electron chi connectivity index (χ2n) is 8.01. The smallest absolute Gasteiger partial charge is 0.200 e. The van der Waals surface area contributed by atoms with Crippen LogP contribution >= 0.6 is 34.8 Å². The lowest BCUT2D eigenvalue weighted by Crippen LogP contribution is -2.19. The van der Waals surface area contributed by atoms with Crippen molar-refractivity contribution in [1.29, 1.82) is 0 Å². The van der Waals surface area contributed by atoms with E-state index in [0.29, 0.717) is 34.0 Å². The zero-order chi connectivity index (χ0) is 24.4. The van der Waals surface area contributed by atoms with Crippen LogP contribution in [0.5, 0.6) is 11.5 Å². The predicted octanol–water partition coefficient (Wildman–Crippen LogP) is 6.47. The SMILES string of the molecule is C[C@@H](Oc1ccc(C(C)(C)c2cc(Cl)c(OCCCl)c(Cl)c2)cc1)c1ocnc1S(C)(=O)=O. The molecule has 0 radical (unpaired) electrons. The van der Waals surface area contributed by atoms with Crippen LogP contribution in [0.2, 0.25) is 10.0 Å². The third-order valence-electron chi connectivity index (χ3n) is 5.21. The third-order valence-corrected chi connectivity index (χ3v) is 6.94. The number of sulfone groups is 1. The minimum absolute atomic E-state index is 0.125. The number of hydrogen-bond donors (Lipinski definition) is 0. The molecule has 0 aliphatic rings. The molecule has 10 heteroatoms. The fourth-order valence-electron chi connectivity index (χ4n) is 3.37. The molecule has 0 amide bonds. The fourth-order valence-corrected chi connectivity index (χ4v) is 4.85. The van der Waals surface area contributed by atoms with E-state index >= 15 is 0 Å². The highest BCUT2D eigenvalue weighted by atomic mass is 35.5. The Hall–Kier alpha value is -1.93. The Bertz CT molecular complexity index is 1200. The van der Waals surface area contributed by atoms with E-state index < -0.39 is 21.4 Å². The van der Waals surface area contributed by atoms with Gasteiger partial charge in [-0.15, -0.1) is 11.6 Å². The normalized spacial score (nSPS) is 13.1. The summed E-state index contributed by atoms with van der Waals surface area (Å²) in [5, 5.41) is 0.705. The number of benzene rings is 2. The largest absolute Gasteiger partial charge is 0.489 e. The Morgan fingerprint density at radius 1 is 1.09 bits per heavy atom. The van der Waals surface area contributed by atoms with Crippen molar-refractivity contribution >= 4 is 44.6 Å². The molecule has 0 aliphatic heterocycles. The summed E-state index contributed by atoms with van der Waals surface area (Å²) in [7, 11) is -3.52. The second-order valence-corrected chi connectivity index (χ2v) is 11.1. The van der Waals surface area contributed by atoms with Crippen LogP contribution in [0.25, 0.3) is 0 Å². The first kappa shape index (κ1) is 25.7. The van der Waals surface area contributed by atoms with Crippen LogP contribution in [-0.2, 0) is 15.3 Å². The first-order valence-corrected chi connectivity index (χ1v) is 13.2. The van der Waals surface area contributed by atoms with Gasteiger partial charge in [0.2, 0.25) is 0 Å². The Balaban J connectivity index is 1.81. The Morgan fingerprint density at radius 3 is 2.24 bits per heavy atom. The van der Waals surface area contributed by atoms with E-state index in [1.165, 1.54) is 0 Å². The molecule has 178 valence electrons. The number of nitrogens with zero attached hydrogens (tertiary/aromatic N) is 1.